The summed E-state index contributed by atoms with van der Waals surface area (Å²) in [4.78, 5) is 0. The van der Waals surface area contributed by atoms with Gasteiger partial charge in [0.05, 0.1) is 12.3 Å². The van der Waals surface area contributed by atoms with Gasteiger partial charge in [-0.2, -0.15) is 5.10 Å². The highest BCUT2D eigenvalue weighted by Crippen LogP contribution is 2.15. The molecular formula is C20H26N2. The summed E-state index contributed by atoms with van der Waals surface area (Å²) >= 11 is 0. The Morgan fingerprint density at radius 1 is 1.05 bits per heavy atom. The van der Waals surface area contributed by atoms with Gasteiger partial charge < -0.3 is 0 Å². The van der Waals surface area contributed by atoms with Crippen LogP contribution in [-0.2, 0) is 6.54 Å². The van der Waals surface area contributed by atoms with Crippen molar-refractivity contribution in [3.8, 4) is 0 Å². The Morgan fingerprint density at radius 3 is 2.32 bits per heavy atom. The molecule has 0 N–H and O–H groups in total. The van der Waals surface area contributed by atoms with Crippen LogP contribution in [0.1, 0.15) is 43.0 Å². The Kier molecular flexibility index (Phi) is 5.37. The molecule has 0 aromatic heterocycles. The molecule has 2 rings (SSSR count). The van der Waals surface area contributed by atoms with Gasteiger partial charge in [0.25, 0.3) is 0 Å². The van der Waals surface area contributed by atoms with E-state index in [0.29, 0.717) is 6.04 Å². The van der Waals surface area contributed by atoms with Crippen LogP contribution in [0.5, 0.6) is 0 Å². The van der Waals surface area contributed by atoms with Crippen molar-refractivity contribution >= 4 is 5.71 Å². The largest absolute Gasteiger partial charge is 0.290 e. The van der Waals surface area contributed by atoms with Gasteiger partial charge in [0.2, 0.25) is 0 Å². The van der Waals surface area contributed by atoms with Crippen LogP contribution in [0.2, 0.25) is 0 Å². The molecule has 0 fully saturated rings. The normalized spacial score (nSPS) is 11.8. The van der Waals surface area contributed by atoms with E-state index in [9.17, 15) is 0 Å². The third kappa shape index (κ3) is 4.20. The Labute approximate surface area is 134 Å². The average molecular weight is 294 g/mol. The van der Waals surface area contributed by atoms with Crippen LogP contribution in [-0.4, -0.2) is 16.8 Å². The molecule has 22 heavy (non-hydrogen) atoms. The molecule has 0 atom stereocenters. The molecule has 0 saturated heterocycles. The minimum absolute atomic E-state index is 0.362. The van der Waals surface area contributed by atoms with Crippen molar-refractivity contribution in [2.45, 2.75) is 47.2 Å². The van der Waals surface area contributed by atoms with E-state index in [1.54, 1.807) is 0 Å². The zero-order valence-corrected chi connectivity index (χ0v) is 14.3. The number of nitrogens with zero attached hydrogens (tertiary/aromatic N) is 2. The van der Waals surface area contributed by atoms with E-state index in [4.69, 9.17) is 5.10 Å². The maximum atomic E-state index is 4.88. The maximum Gasteiger partial charge on any atom is 0.0649 e. The lowest BCUT2D eigenvalue weighted by Crippen LogP contribution is -2.26. The van der Waals surface area contributed by atoms with Crippen molar-refractivity contribution < 1.29 is 0 Å². The van der Waals surface area contributed by atoms with E-state index >= 15 is 0 Å². The molecule has 2 heteroatoms. The summed E-state index contributed by atoms with van der Waals surface area (Å²) in [5.74, 6) is 0. The molecule has 2 aromatic carbocycles. The summed E-state index contributed by atoms with van der Waals surface area (Å²) in [5, 5.41) is 7.04. The molecular weight excluding hydrogens is 268 g/mol. The fourth-order valence-electron chi connectivity index (χ4n) is 2.57. The molecule has 0 aliphatic carbocycles. The molecule has 0 aliphatic heterocycles. The van der Waals surface area contributed by atoms with Crippen molar-refractivity contribution in [2.24, 2.45) is 5.10 Å². The van der Waals surface area contributed by atoms with Crippen molar-refractivity contribution in [3.63, 3.8) is 0 Å². The summed E-state index contributed by atoms with van der Waals surface area (Å²) in [6.07, 6.45) is 0. The molecule has 0 bridgehead atoms. The number of hydrazone groups is 1. The molecule has 0 aliphatic rings. The van der Waals surface area contributed by atoms with Crippen LogP contribution in [0.4, 0.5) is 0 Å². The molecule has 0 saturated carbocycles. The Morgan fingerprint density at radius 2 is 1.73 bits per heavy atom. The number of aryl methyl sites for hydroxylation is 2. The van der Waals surface area contributed by atoms with E-state index in [1.165, 1.54) is 22.3 Å². The standard InChI is InChI=1S/C20H26N2/c1-15(2)22(14-19-9-7-6-8-10-19)21-18(5)20-12-11-16(3)13-17(20)4/h6-13,15H,14H2,1-5H3/b21-18+. The van der Waals surface area contributed by atoms with Gasteiger partial charge in [-0.15, -0.1) is 0 Å². The minimum Gasteiger partial charge on any atom is -0.290 e. The van der Waals surface area contributed by atoms with E-state index in [0.717, 1.165) is 12.3 Å². The third-order valence-corrected chi connectivity index (χ3v) is 3.83. The number of rotatable bonds is 5. The molecule has 0 amide bonds. The number of benzene rings is 2. The van der Waals surface area contributed by atoms with Crippen molar-refractivity contribution in [3.05, 3.63) is 70.8 Å². The monoisotopic (exact) mass is 294 g/mol. The van der Waals surface area contributed by atoms with Crippen molar-refractivity contribution in [2.75, 3.05) is 0 Å². The van der Waals surface area contributed by atoms with Gasteiger partial charge in [-0.1, -0.05) is 54.1 Å². The van der Waals surface area contributed by atoms with Crippen molar-refractivity contribution in [1.82, 2.24) is 5.01 Å². The first-order chi connectivity index (χ1) is 10.5. The minimum atomic E-state index is 0.362. The quantitative estimate of drug-likeness (QED) is 0.563. The van der Waals surface area contributed by atoms with E-state index < -0.39 is 0 Å². The number of hydrogen-bond acceptors (Lipinski definition) is 2. The second kappa shape index (κ2) is 7.26. The third-order valence-electron chi connectivity index (χ3n) is 3.83. The molecule has 0 unspecified atom stereocenters. The highest BCUT2D eigenvalue weighted by atomic mass is 15.5. The van der Waals surface area contributed by atoms with Crippen LogP contribution in [0, 0.1) is 13.8 Å². The van der Waals surface area contributed by atoms with Gasteiger partial charge in [-0.05, 0) is 45.7 Å². The van der Waals surface area contributed by atoms with Crippen LogP contribution in [0.3, 0.4) is 0 Å². The predicted molar refractivity (Wildman–Crippen MR) is 95.2 cm³/mol. The summed E-state index contributed by atoms with van der Waals surface area (Å²) in [6.45, 7) is 11.6. The molecule has 0 radical (unpaired) electrons. The van der Waals surface area contributed by atoms with Gasteiger partial charge >= 0.3 is 0 Å². The first-order valence-electron chi connectivity index (χ1n) is 7.91. The maximum absolute atomic E-state index is 4.88. The Balaban J connectivity index is 2.25. The van der Waals surface area contributed by atoms with Gasteiger partial charge in [0, 0.05) is 11.6 Å². The highest BCUT2D eigenvalue weighted by molar-refractivity contribution is 5.99. The average Bonchev–Trinajstić information content (AvgIpc) is 2.47. The zero-order valence-electron chi connectivity index (χ0n) is 14.3. The molecule has 2 nitrogen and oxygen atoms in total. The smallest absolute Gasteiger partial charge is 0.0649 e. The number of hydrogen-bond donors (Lipinski definition) is 0. The molecule has 0 heterocycles. The van der Waals surface area contributed by atoms with E-state index in [1.807, 2.05) is 6.07 Å². The lowest BCUT2D eigenvalue weighted by molar-refractivity contribution is 0.223. The van der Waals surface area contributed by atoms with Crippen molar-refractivity contribution in [1.29, 1.82) is 0 Å². The Bertz CT molecular complexity index is 642. The highest BCUT2D eigenvalue weighted by Gasteiger charge is 2.10. The predicted octanol–water partition coefficient (Wildman–Crippen LogP) is 4.94. The first kappa shape index (κ1) is 16.3. The zero-order chi connectivity index (χ0) is 16.1. The SMILES string of the molecule is C/C(=N\N(Cc1ccccc1)C(C)C)c1ccc(C)cc1C. The second-order valence-electron chi connectivity index (χ2n) is 6.18. The van der Waals surface area contributed by atoms with Crippen LogP contribution in [0.15, 0.2) is 53.6 Å². The second-order valence-corrected chi connectivity index (χ2v) is 6.18. The first-order valence-corrected chi connectivity index (χ1v) is 7.91. The van der Waals surface area contributed by atoms with Crippen LogP contribution >= 0.6 is 0 Å². The fraction of sp³-hybridized carbons (Fsp3) is 0.350. The summed E-state index contributed by atoms with van der Waals surface area (Å²) < 4.78 is 0. The van der Waals surface area contributed by atoms with Gasteiger partial charge in [-0.25, -0.2) is 0 Å². The lowest BCUT2D eigenvalue weighted by Gasteiger charge is -2.25. The van der Waals surface area contributed by atoms with Gasteiger partial charge in [0.15, 0.2) is 0 Å². The van der Waals surface area contributed by atoms with E-state index in [2.05, 4.69) is 82.1 Å². The topological polar surface area (TPSA) is 15.6 Å². The van der Waals surface area contributed by atoms with Crippen LogP contribution < -0.4 is 0 Å². The summed E-state index contributed by atoms with van der Waals surface area (Å²) in [7, 11) is 0. The van der Waals surface area contributed by atoms with Crippen LogP contribution in [0.25, 0.3) is 0 Å². The summed E-state index contributed by atoms with van der Waals surface area (Å²) in [5.41, 5.74) is 6.16. The van der Waals surface area contributed by atoms with E-state index in [-0.39, 0.29) is 0 Å². The Hall–Kier alpha value is -2.09. The summed E-state index contributed by atoms with van der Waals surface area (Å²) in [6, 6.07) is 17.4. The fourth-order valence-corrected chi connectivity index (χ4v) is 2.57. The van der Waals surface area contributed by atoms with Gasteiger partial charge in [0.1, 0.15) is 0 Å². The lowest BCUT2D eigenvalue weighted by atomic mass is 10.0. The molecule has 0 spiro atoms. The molecule has 116 valence electrons. The molecule has 2 aromatic rings. The van der Waals surface area contributed by atoms with Gasteiger partial charge in [-0.3, -0.25) is 5.01 Å².